The summed E-state index contributed by atoms with van der Waals surface area (Å²) in [6.45, 7) is 0. The molecule has 0 fully saturated rings. The van der Waals surface area contributed by atoms with Crippen molar-refractivity contribution in [2.24, 2.45) is 0 Å². The predicted octanol–water partition coefficient (Wildman–Crippen LogP) is 4.72. The molecule has 0 bridgehead atoms. The average molecular weight is 397 g/mol. The van der Waals surface area contributed by atoms with Gasteiger partial charge in [0.15, 0.2) is 0 Å². The molecule has 3 aromatic carbocycles. The molecule has 3 rings (SSSR count). The van der Waals surface area contributed by atoms with Gasteiger partial charge in [-0.1, -0.05) is 41.9 Å². The number of nitrogens with one attached hydrogen (secondary N) is 1. The first kappa shape index (κ1) is 19.1. The lowest BCUT2D eigenvalue weighted by molar-refractivity contribution is -0.384. The minimum Gasteiger partial charge on any atom is -0.422 e. The second kappa shape index (κ2) is 8.32. The van der Waals surface area contributed by atoms with E-state index in [9.17, 15) is 19.7 Å². The van der Waals surface area contributed by atoms with Gasteiger partial charge in [0.05, 0.1) is 21.1 Å². The molecular weight excluding hydrogens is 384 g/mol. The predicted molar refractivity (Wildman–Crippen MR) is 104 cm³/mol. The zero-order valence-corrected chi connectivity index (χ0v) is 15.1. The number of ether oxygens (including phenoxy) is 1. The third-order valence-electron chi connectivity index (χ3n) is 3.75. The van der Waals surface area contributed by atoms with Crippen LogP contribution >= 0.6 is 11.6 Å². The number of amides is 1. The molecule has 0 radical (unpaired) electrons. The fourth-order valence-corrected chi connectivity index (χ4v) is 2.60. The Morgan fingerprint density at radius 1 is 0.929 bits per heavy atom. The number of hydrogen-bond acceptors (Lipinski definition) is 5. The standard InChI is InChI=1S/C20H13ClN2O5/c21-17-11-10-14(23(26)27)12-16(17)20(25)28-18-9-5-4-8-15(18)19(24)22-13-6-2-1-3-7-13/h1-12H,(H,22,24). The van der Waals surface area contributed by atoms with Crippen molar-refractivity contribution in [1.82, 2.24) is 0 Å². The van der Waals surface area contributed by atoms with E-state index in [4.69, 9.17) is 16.3 Å². The van der Waals surface area contributed by atoms with Crippen LogP contribution in [-0.2, 0) is 0 Å². The van der Waals surface area contributed by atoms with Gasteiger partial charge < -0.3 is 10.1 Å². The van der Waals surface area contributed by atoms with Crippen molar-refractivity contribution in [3.8, 4) is 5.75 Å². The van der Waals surface area contributed by atoms with Crippen molar-refractivity contribution in [2.45, 2.75) is 0 Å². The summed E-state index contributed by atoms with van der Waals surface area (Å²) in [6, 6.07) is 18.4. The fourth-order valence-electron chi connectivity index (χ4n) is 2.40. The Balaban J connectivity index is 1.85. The summed E-state index contributed by atoms with van der Waals surface area (Å²) in [6.07, 6.45) is 0. The molecule has 3 aromatic rings. The number of non-ortho nitro benzene ring substituents is 1. The summed E-state index contributed by atoms with van der Waals surface area (Å²) in [5.41, 5.74) is 0.234. The van der Waals surface area contributed by atoms with Gasteiger partial charge in [-0.05, 0) is 30.3 Å². The summed E-state index contributed by atoms with van der Waals surface area (Å²) in [5.74, 6) is -1.38. The number of benzene rings is 3. The van der Waals surface area contributed by atoms with Gasteiger partial charge in [0.25, 0.3) is 11.6 Å². The van der Waals surface area contributed by atoms with E-state index in [1.54, 1.807) is 36.4 Å². The van der Waals surface area contributed by atoms with Gasteiger partial charge in [-0.15, -0.1) is 0 Å². The van der Waals surface area contributed by atoms with E-state index in [1.807, 2.05) is 6.07 Å². The van der Waals surface area contributed by atoms with Crippen LogP contribution in [-0.4, -0.2) is 16.8 Å². The molecule has 0 atom stereocenters. The Morgan fingerprint density at radius 3 is 2.32 bits per heavy atom. The Kier molecular flexibility index (Phi) is 5.67. The lowest BCUT2D eigenvalue weighted by Gasteiger charge is -2.11. The molecule has 0 saturated heterocycles. The van der Waals surface area contributed by atoms with E-state index in [2.05, 4.69) is 5.32 Å². The molecule has 0 aliphatic carbocycles. The van der Waals surface area contributed by atoms with Gasteiger partial charge >= 0.3 is 5.97 Å². The van der Waals surface area contributed by atoms with Gasteiger partial charge in [0, 0.05) is 17.8 Å². The summed E-state index contributed by atoms with van der Waals surface area (Å²) >= 11 is 5.97. The third-order valence-corrected chi connectivity index (χ3v) is 4.08. The molecule has 0 aliphatic rings. The number of nitro benzene ring substituents is 1. The Morgan fingerprint density at radius 2 is 1.61 bits per heavy atom. The summed E-state index contributed by atoms with van der Waals surface area (Å²) in [4.78, 5) is 35.3. The molecule has 0 saturated carbocycles. The second-order valence-corrected chi connectivity index (χ2v) is 6.03. The van der Waals surface area contributed by atoms with E-state index in [0.29, 0.717) is 5.69 Å². The molecule has 28 heavy (non-hydrogen) atoms. The number of esters is 1. The number of nitro groups is 1. The molecule has 140 valence electrons. The number of carbonyl (C=O) groups is 2. The normalized spacial score (nSPS) is 10.2. The van der Waals surface area contributed by atoms with E-state index < -0.39 is 16.8 Å². The SMILES string of the molecule is O=C(Oc1ccccc1C(=O)Nc1ccccc1)c1cc([N+](=O)[O-])ccc1Cl. The van der Waals surface area contributed by atoms with Gasteiger partial charge in [0.2, 0.25) is 0 Å². The number of carbonyl (C=O) groups excluding carboxylic acids is 2. The van der Waals surface area contributed by atoms with E-state index in [-0.39, 0.29) is 27.6 Å². The van der Waals surface area contributed by atoms with Crippen LogP contribution in [0.1, 0.15) is 20.7 Å². The number of anilines is 1. The Labute approximate surface area is 164 Å². The summed E-state index contributed by atoms with van der Waals surface area (Å²) in [5, 5.41) is 13.6. The topological polar surface area (TPSA) is 98.5 Å². The first-order chi connectivity index (χ1) is 13.5. The first-order valence-electron chi connectivity index (χ1n) is 8.07. The largest absolute Gasteiger partial charge is 0.422 e. The molecule has 1 N–H and O–H groups in total. The number of para-hydroxylation sites is 2. The van der Waals surface area contributed by atoms with E-state index >= 15 is 0 Å². The zero-order valence-electron chi connectivity index (χ0n) is 14.3. The highest BCUT2D eigenvalue weighted by molar-refractivity contribution is 6.33. The molecule has 0 aromatic heterocycles. The highest BCUT2D eigenvalue weighted by Crippen LogP contribution is 2.26. The summed E-state index contributed by atoms with van der Waals surface area (Å²) < 4.78 is 5.30. The maximum atomic E-state index is 12.5. The molecule has 8 heteroatoms. The minimum atomic E-state index is -0.909. The number of nitrogens with zero attached hydrogens (tertiary/aromatic N) is 1. The molecule has 0 unspecified atom stereocenters. The Bertz CT molecular complexity index is 1050. The van der Waals surface area contributed by atoms with E-state index in [0.717, 1.165) is 6.07 Å². The Hall–Kier alpha value is -3.71. The highest BCUT2D eigenvalue weighted by atomic mass is 35.5. The van der Waals surface area contributed by atoms with Crippen LogP contribution in [0.5, 0.6) is 5.75 Å². The van der Waals surface area contributed by atoms with Crippen molar-refractivity contribution >= 4 is 34.9 Å². The van der Waals surface area contributed by atoms with Gasteiger partial charge in [0.1, 0.15) is 5.75 Å². The average Bonchev–Trinajstić information content (AvgIpc) is 2.69. The smallest absolute Gasteiger partial charge is 0.345 e. The van der Waals surface area contributed by atoms with Crippen molar-refractivity contribution in [2.75, 3.05) is 5.32 Å². The van der Waals surface area contributed by atoms with Gasteiger partial charge in [-0.3, -0.25) is 14.9 Å². The van der Waals surface area contributed by atoms with Crippen LogP contribution in [0.25, 0.3) is 0 Å². The van der Waals surface area contributed by atoms with Gasteiger partial charge in [-0.2, -0.15) is 0 Å². The van der Waals surface area contributed by atoms with Crippen molar-refractivity contribution in [3.05, 3.63) is 99.1 Å². The number of halogens is 1. The molecule has 0 spiro atoms. The van der Waals surface area contributed by atoms with Crippen LogP contribution in [0.2, 0.25) is 5.02 Å². The zero-order chi connectivity index (χ0) is 20.1. The van der Waals surface area contributed by atoms with Gasteiger partial charge in [-0.25, -0.2) is 4.79 Å². The maximum Gasteiger partial charge on any atom is 0.345 e. The van der Waals surface area contributed by atoms with Crippen molar-refractivity contribution in [3.63, 3.8) is 0 Å². The molecule has 1 amide bonds. The number of hydrogen-bond donors (Lipinski definition) is 1. The minimum absolute atomic E-state index is 0.00168. The van der Waals surface area contributed by atoms with Crippen LogP contribution in [0.4, 0.5) is 11.4 Å². The molecule has 0 heterocycles. The van der Waals surface area contributed by atoms with Crippen molar-refractivity contribution in [1.29, 1.82) is 0 Å². The lowest BCUT2D eigenvalue weighted by atomic mass is 10.1. The molecule has 0 aliphatic heterocycles. The molecular formula is C20H13ClN2O5. The summed E-state index contributed by atoms with van der Waals surface area (Å²) in [7, 11) is 0. The van der Waals surface area contributed by atoms with Crippen LogP contribution in [0.3, 0.4) is 0 Å². The van der Waals surface area contributed by atoms with Crippen LogP contribution in [0, 0.1) is 10.1 Å². The second-order valence-electron chi connectivity index (χ2n) is 5.63. The molecule has 7 nitrogen and oxygen atoms in total. The first-order valence-corrected chi connectivity index (χ1v) is 8.45. The van der Waals surface area contributed by atoms with E-state index in [1.165, 1.54) is 24.3 Å². The van der Waals surface area contributed by atoms with Crippen molar-refractivity contribution < 1.29 is 19.2 Å². The van der Waals surface area contributed by atoms with Crippen LogP contribution in [0.15, 0.2) is 72.8 Å². The lowest BCUT2D eigenvalue weighted by Crippen LogP contribution is -2.16. The quantitative estimate of drug-likeness (QED) is 0.291. The monoisotopic (exact) mass is 396 g/mol. The fraction of sp³-hybridized carbons (Fsp3) is 0. The highest BCUT2D eigenvalue weighted by Gasteiger charge is 2.20. The van der Waals surface area contributed by atoms with Crippen LogP contribution < -0.4 is 10.1 Å². The number of rotatable bonds is 5. The maximum absolute atomic E-state index is 12.5. The third kappa shape index (κ3) is 4.33.